The van der Waals surface area contributed by atoms with E-state index in [4.69, 9.17) is 4.42 Å². The van der Waals surface area contributed by atoms with Gasteiger partial charge in [0.05, 0.1) is 5.56 Å². The maximum absolute atomic E-state index is 6.85. The monoisotopic (exact) mass is 472 g/mol. The topological polar surface area (TPSA) is 17.0 Å². The Morgan fingerprint density at radius 3 is 2.42 bits per heavy atom. The number of aromatic nitrogens is 1. The molecule has 3 aromatic carbocycles. The molecule has 2 heteroatoms. The first-order chi connectivity index (χ1) is 17.7. The Kier molecular flexibility index (Phi) is 5.23. The molecule has 36 heavy (non-hydrogen) atoms. The average Bonchev–Trinajstić information content (AvgIpc) is 3.51. The Labute approximate surface area is 213 Å². The summed E-state index contributed by atoms with van der Waals surface area (Å²) in [5.74, 6) is 1.61. The average molecular weight is 473 g/mol. The Balaban J connectivity index is 1.42. The zero-order valence-electron chi connectivity index (χ0n) is 21.4. The van der Waals surface area contributed by atoms with Crippen molar-refractivity contribution in [2.24, 2.45) is 13.0 Å². The molecular formula is C34H34NO+. The minimum absolute atomic E-state index is 0.738. The van der Waals surface area contributed by atoms with E-state index in [2.05, 4.69) is 91.5 Å². The van der Waals surface area contributed by atoms with Crippen molar-refractivity contribution in [3.63, 3.8) is 0 Å². The molecule has 2 aliphatic carbocycles. The van der Waals surface area contributed by atoms with Gasteiger partial charge in [-0.15, -0.1) is 0 Å². The minimum atomic E-state index is 0.738. The van der Waals surface area contributed by atoms with Crippen molar-refractivity contribution in [1.29, 1.82) is 0 Å². The van der Waals surface area contributed by atoms with Crippen LogP contribution in [0.2, 0.25) is 0 Å². The Bertz CT molecular complexity index is 1600. The summed E-state index contributed by atoms with van der Waals surface area (Å²) >= 11 is 0. The van der Waals surface area contributed by atoms with Gasteiger partial charge in [0.1, 0.15) is 18.2 Å². The van der Waals surface area contributed by atoms with E-state index in [1.807, 2.05) is 0 Å². The summed E-state index contributed by atoms with van der Waals surface area (Å²) in [7, 11) is 2.11. The van der Waals surface area contributed by atoms with Gasteiger partial charge in [-0.3, -0.25) is 0 Å². The van der Waals surface area contributed by atoms with Gasteiger partial charge in [0.25, 0.3) is 0 Å². The van der Waals surface area contributed by atoms with E-state index in [0.717, 1.165) is 23.0 Å². The van der Waals surface area contributed by atoms with E-state index in [1.54, 1.807) is 11.1 Å². The van der Waals surface area contributed by atoms with Gasteiger partial charge in [0.2, 0.25) is 5.69 Å². The molecule has 2 nitrogen and oxygen atoms in total. The van der Waals surface area contributed by atoms with E-state index in [1.165, 1.54) is 83.7 Å². The van der Waals surface area contributed by atoms with Crippen LogP contribution in [-0.2, 0) is 13.5 Å². The maximum Gasteiger partial charge on any atom is 0.216 e. The van der Waals surface area contributed by atoms with Gasteiger partial charge in [-0.1, -0.05) is 67.8 Å². The fourth-order valence-corrected chi connectivity index (χ4v) is 7.24. The van der Waals surface area contributed by atoms with Gasteiger partial charge in [0, 0.05) is 28.5 Å². The number of para-hydroxylation sites is 1. The van der Waals surface area contributed by atoms with Crippen LogP contribution in [-0.4, -0.2) is 0 Å². The number of furan rings is 1. The van der Waals surface area contributed by atoms with Crippen molar-refractivity contribution >= 4 is 21.9 Å². The van der Waals surface area contributed by atoms with Crippen LogP contribution in [0, 0.1) is 12.8 Å². The molecule has 1 atom stereocenters. The first-order valence-corrected chi connectivity index (χ1v) is 13.7. The van der Waals surface area contributed by atoms with Gasteiger partial charge < -0.3 is 4.42 Å². The quantitative estimate of drug-likeness (QED) is 0.240. The standard InChI is InChI=1S/C34H34NO/c1-22-17-18-30-29-15-9-14-28(33(29)36-34(30)32(22)31-16-6-7-21-35(31)2)26-13-8-12-25-24(19-20-27(25)26)23-10-4-3-5-11-23/h6-9,12-18,21,23-24H,3-5,10-11,19-20H2,1-2H3/q+1. The molecule has 0 radical (unpaired) electrons. The van der Waals surface area contributed by atoms with Crippen LogP contribution >= 0.6 is 0 Å². The molecule has 0 bridgehead atoms. The van der Waals surface area contributed by atoms with Gasteiger partial charge in [-0.2, -0.15) is 0 Å². The predicted molar refractivity (Wildman–Crippen MR) is 148 cm³/mol. The van der Waals surface area contributed by atoms with E-state index in [9.17, 15) is 0 Å². The first-order valence-electron chi connectivity index (χ1n) is 13.7. The third kappa shape index (κ3) is 3.34. The van der Waals surface area contributed by atoms with Gasteiger partial charge in [-0.05, 0) is 72.8 Å². The highest BCUT2D eigenvalue weighted by Gasteiger charge is 2.32. The van der Waals surface area contributed by atoms with E-state index >= 15 is 0 Å². The Hall–Kier alpha value is -3.39. The maximum atomic E-state index is 6.85. The molecule has 2 aliphatic rings. The number of fused-ring (bicyclic) bond motifs is 4. The predicted octanol–water partition coefficient (Wildman–Crippen LogP) is 8.66. The van der Waals surface area contributed by atoms with Crippen molar-refractivity contribution in [1.82, 2.24) is 0 Å². The first kappa shape index (κ1) is 21.9. The van der Waals surface area contributed by atoms with Crippen molar-refractivity contribution < 1.29 is 8.98 Å². The molecule has 1 unspecified atom stereocenters. The Morgan fingerprint density at radius 1 is 0.750 bits per heavy atom. The SMILES string of the molecule is Cc1ccc2c(oc3c(-c4cccc5c4CCC5C4CCCCC4)cccc32)c1-c1cccc[n+]1C. The molecule has 1 saturated carbocycles. The fourth-order valence-electron chi connectivity index (χ4n) is 7.24. The van der Waals surface area contributed by atoms with E-state index < -0.39 is 0 Å². The highest BCUT2D eigenvalue weighted by atomic mass is 16.3. The minimum Gasteiger partial charge on any atom is -0.454 e. The molecule has 0 amide bonds. The molecule has 0 spiro atoms. The van der Waals surface area contributed by atoms with E-state index in [0.29, 0.717) is 0 Å². The molecule has 180 valence electrons. The number of hydrogen-bond donors (Lipinski definition) is 0. The molecular weight excluding hydrogens is 438 g/mol. The Morgan fingerprint density at radius 2 is 1.56 bits per heavy atom. The number of benzene rings is 3. The van der Waals surface area contributed by atoms with Gasteiger partial charge in [-0.25, -0.2) is 4.57 Å². The number of pyridine rings is 1. The van der Waals surface area contributed by atoms with Crippen molar-refractivity contribution in [2.75, 3.05) is 0 Å². The highest BCUT2D eigenvalue weighted by Crippen LogP contribution is 2.48. The molecule has 0 saturated heterocycles. The molecule has 7 rings (SSSR count). The van der Waals surface area contributed by atoms with Crippen LogP contribution in [0.15, 0.2) is 77.3 Å². The lowest BCUT2D eigenvalue weighted by atomic mass is 9.77. The second-order valence-electron chi connectivity index (χ2n) is 11.0. The normalized spacial score (nSPS) is 18.2. The zero-order chi connectivity index (χ0) is 24.2. The number of hydrogen-bond acceptors (Lipinski definition) is 1. The second kappa shape index (κ2) is 8.62. The summed E-state index contributed by atoms with van der Waals surface area (Å²) in [6, 6.07) is 24.6. The summed E-state index contributed by atoms with van der Waals surface area (Å²) in [6.45, 7) is 2.19. The lowest BCUT2D eigenvalue weighted by Crippen LogP contribution is -2.30. The van der Waals surface area contributed by atoms with Crippen LogP contribution < -0.4 is 4.57 Å². The smallest absolute Gasteiger partial charge is 0.216 e. The lowest BCUT2D eigenvalue weighted by molar-refractivity contribution is -0.660. The van der Waals surface area contributed by atoms with Crippen LogP contribution in [0.1, 0.15) is 61.1 Å². The molecule has 1 fully saturated rings. The van der Waals surface area contributed by atoms with Crippen LogP contribution in [0.3, 0.4) is 0 Å². The fraction of sp³-hybridized carbons (Fsp3) is 0.324. The highest BCUT2D eigenvalue weighted by molar-refractivity contribution is 6.13. The molecule has 2 heterocycles. The summed E-state index contributed by atoms with van der Waals surface area (Å²) < 4.78 is 9.03. The van der Waals surface area contributed by atoms with E-state index in [-0.39, 0.29) is 0 Å². The largest absolute Gasteiger partial charge is 0.454 e. The van der Waals surface area contributed by atoms with Crippen LogP contribution in [0.5, 0.6) is 0 Å². The van der Waals surface area contributed by atoms with Crippen LogP contribution in [0.4, 0.5) is 0 Å². The molecule has 5 aromatic rings. The number of aryl methyl sites for hydroxylation is 2. The third-order valence-electron chi connectivity index (χ3n) is 9.01. The van der Waals surface area contributed by atoms with Gasteiger partial charge >= 0.3 is 0 Å². The van der Waals surface area contributed by atoms with Crippen molar-refractivity contribution in [3.8, 4) is 22.4 Å². The lowest BCUT2D eigenvalue weighted by Gasteiger charge is -2.28. The molecule has 0 aliphatic heterocycles. The van der Waals surface area contributed by atoms with Gasteiger partial charge in [0.15, 0.2) is 6.20 Å². The molecule has 0 N–H and O–H groups in total. The summed E-state index contributed by atoms with van der Waals surface area (Å²) in [4.78, 5) is 0. The van der Waals surface area contributed by atoms with Crippen LogP contribution in [0.25, 0.3) is 44.3 Å². The van der Waals surface area contributed by atoms with Crippen molar-refractivity contribution in [3.05, 3.63) is 89.6 Å². The molecule has 2 aromatic heterocycles. The summed E-state index contributed by atoms with van der Waals surface area (Å²) in [5.41, 5.74) is 11.4. The van der Waals surface area contributed by atoms with Crippen molar-refractivity contribution in [2.45, 2.75) is 57.8 Å². The summed E-state index contributed by atoms with van der Waals surface area (Å²) in [5, 5.41) is 2.41. The summed E-state index contributed by atoms with van der Waals surface area (Å²) in [6.07, 6.45) is 11.7. The third-order valence-corrected chi connectivity index (χ3v) is 9.01. The zero-order valence-corrected chi connectivity index (χ0v) is 21.4. The number of nitrogens with zero attached hydrogens (tertiary/aromatic N) is 1. The second-order valence-corrected chi connectivity index (χ2v) is 11.0. The number of rotatable bonds is 3.